The summed E-state index contributed by atoms with van der Waals surface area (Å²) in [5, 5.41) is 0. The molecule has 2 fully saturated rings. The van der Waals surface area contributed by atoms with E-state index in [1.807, 2.05) is 0 Å². The van der Waals surface area contributed by atoms with Crippen LogP contribution in [0, 0.1) is 65.6 Å². The number of fused-ring (bicyclic) bond motifs is 2. The van der Waals surface area contributed by atoms with E-state index in [2.05, 4.69) is 89.1 Å². The smallest absolute Gasteiger partial charge is 0.0759 e. The van der Waals surface area contributed by atoms with Crippen molar-refractivity contribution in [1.29, 1.82) is 0 Å². The summed E-state index contributed by atoms with van der Waals surface area (Å²) in [6, 6.07) is 0. The summed E-state index contributed by atoms with van der Waals surface area (Å²) in [5.41, 5.74) is -0.0122. The maximum Gasteiger partial charge on any atom is 1.00 e. The van der Waals surface area contributed by atoms with Gasteiger partial charge < -0.3 is 0 Å². The first-order valence-electron chi connectivity index (χ1n) is 8.31. The molecule has 0 aromatic rings. The molecule has 0 aliphatic heterocycles. The van der Waals surface area contributed by atoms with Crippen LogP contribution >= 0.6 is 0 Å². The van der Waals surface area contributed by atoms with Gasteiger partial charge in [0, 0.05) is 23.7 Å². The van der Waals surface area contributed by atoms with E-state index < -0.39 is 0 Å². The Bertz CT molecular complexity index is 533. The number of rotatable bonds is 2. The Balaban J connectivity index is 0.00000113. The Morgan fingerprint density at radius 1 is 0.560 bits per heavy atom. The normalized spacial score (nSPS) is 26.7. The molecule has 2 saturated carbocycles. The first-order chi connectivity index (χ1) is 11.0. The van der Waals surface area contributed by atoms with Crippen molar-refractivity contribution >= 4 is 0 Å². The molecule has 0 nitrogen and oxygen atoms in total. The van der Waals surface area contributed by atoms with Crippen molar-refractivity contribution in [3.8, 4) is 0 Å². The Morgan fingerprint density at radius 2 is 0.880 bits per heavy atom. The third-order valence-electron chi connectivity index (χ3n) is 5.35. The maximum absolute atomic E-state index is 2.38. The average Bonchev–Trinajstić information content (AvgIpc) is 3.08. The molecule has 114 valence electrons. The standard InChI is InChI=1S/C23H22.2Li/c1-15-13-21(19-11-7-5-9-17(15)19)23(3,4)22-14-16(2)18-10-6-8-12-20(18)22;;/h5-14H,1-4H3;;/q;2*+1. The molecule has 0 N–H and O–H groups in total. The minimum atomic E-state index is -0.0122. The molecule has 0 atom stereocenters. The van der Waals surface area contributed by atoms with Crippen LogP contribution in [0.25, 0.3) is 0 Å². The van der Waals surface area contributed by atoms with Gasteiger partial charge in [0.05, 0.1) is 0 Å². The Hall–Kier alpha value is 0.155. The molecule has 0 heterocycles. The summed E-state index contributed by atoms with van der Waals surface area (Å²) in [4.78, 5) is 0. The van der Waals surface area contributed by atoms with Crippen LogP contribution in [-0.2, 0) is 0 Å². The Labute approximate surface area is 179 Å². The SMILES string of the molecule is C[C]1[CH][C](C(C)(C)[C]2[CH][C](C)[C]3C=CC=C[C]32)[C]2C=CC=C[C]12.[Li+].[Li+]. The van der Waals surface area contributed by atoms with Crippen molar-refractivity contribution < 1.29 is 37.7 Å². The summed E-state index contributed by atoms with van der Waals surface area (Å²) >= 11 is 0. The maximum atomic E-state index is 2.38. The van der Waals surface area contributed by atoms with E-state index in [9.17, 15) is 0 Å². The summed E-state index contributed by atoms with van der Waals surface area (Å²) in [5.74, 6) is 11.1. The van der Waals surface area contributed by atoms with Crippen molar-refractivity contribution in [2.75, 3.05) is 0 Å². The Morgan fingerprint density at radius 3 is 1.24 bits per heavy atom. The van der Waals surface area contributed by atoms with Gasteiger partial charge in [0.15, 0.2) is 0 Å². The summed E-state index contributed by atoms with van der Waals surface area (Å²) in [7, 11) is 0. The second-order valence-electron chi connectivity index (χ2n) is 7.20. The van der Waals surface area contributed by atoms with Gasteiger partial charge in [0.1, 0.15) is 0 Å². The van der Waals surface area contributed by atoms with Gasteiger partial charge in [0.25, 0.3) is 0 Å². The fourth-order valence-electron chi connectivity index (χ4n) is 4.05. The van der Waals surface area contributed by atoms with Crippen LogP contribution in [0.15, 0.2) is 48.6 Å². The summed E-state index contributed by atoms with van der Waals surface area (Å²) in [6.07, 6.45) is 22.3. The molecular formula is C23H22Li2+2. The van der Waals surface area contributed by atoms with E-state index in [-0.39, 0.29) is 43.1 Å². The zero-order chi connectivity index (χ0) is 16.2. The van der Waals surface area contributed by atoms with Gasteiger partial charge in [-0.25, -0.2) is 0 Å². The number of allylic oxidation sites excluding steroid dienone is 8. The van der Waals surface area contributed by atoms with Gasteiger partial charge >= 0.3 is 37.7 Å². The molecule has 0 unspecified atom stereocenters. The van der Waals surface area contributed by atoms with Crippen molar-refractivity contribution in [2.45, 2.75) is 27.7 Å². The van der Waals surface area contributed by atoms with Gasteiger partial charge in [-0.2, -0.15) is 0 Å². The van der Waals surface area contributed by atoms with Crippen LogP contribution < -0.4 is 37.7 Å². The minimum absolute atomic E-state index is 0. The topological polar surface area (TPSA) is 0 Å². The van der Waals surface area contributed by atoms with Crippen molar-refractivity contribution in [3.63, 3.8) is 0 Å². The van der Waals surface area contributed by atoms with E-state index in [0.717, 1.165) is 0 Å². The van der Waals surface area contributed by atoms with Gasteiger partial charge in [-0.15, -0.1) is 0 Å². The van der Waals surface area contributed by atoms with Crippen LogP contribution in [-0.4, -0.2) is 0 Å². The second-order valence-corrected chi connectivity index (χ2v) is 7.20. The average molecular weight is 312 g/mol. The van der Waals surface area contributed by atoms with Crippen LogP contribution in [0.3, 0.4) is 0 Å². The fourth-order valence-corrected chi connectivity index (χ4v) is 4.05. The third-order valence-corrected chi connectivity index (χ3v) is 5.35. The van der Waals surface area contributed by atoms with Crippen LogP contribution in [0.5, 0.6) is 0 Å². The van der Waals surface area contributed by atoms with Gasteiger partial charge in [-0.3, -0.25) is 0 Å². The second kappa shape index (κ2) is 8.03. The Kier molecular flexibility index (Phi) is 6.89. The van der Waals surface area contributed by atoms with E-state index in [1.165, 1.54) is 47.3 Å². The molecule has 4 rings (SSSR count). The van der Waals surface area contributed by atoms with Crippen molar-refractivity contribution in [1.82, 2.24) is 0 Å². The molecule has 0 saturated heterocycles. The molecule has 0 aromatic heterocycles. The number of hydrogen-bond donors (Lipinski definition) is 0. The van der Waals surface area contributed by atoms with Crippen LogP contribution in [0.1, 0.15) is 27.7 Å². The molecule has 0 spiro atoms. The molecule has 10 radical (unpaired) electrons. The first-order valence-corrected chi connectivity index (χ1v) is 8.31. The predicted molar refractivity (Wildman–Crippen MR) is 96.2 cm³/mol. The van der Waals surface area contributed by atoms with E-state index in [4.69, 9.17) is 0 Å². The summed E-state index contributed by atoms with van der Waals surface area (Å²) < 4.78 is 0. The molecule has 25 heavy (non-hydrogen) atoms. The van der Waals surface area contributed by atoms with E-state index in [1.54, 1.807) is 0 Å². The van der Waals surface area contributed by atoms with Crippen molar-refractivity contribution in [2.24, 2.45) is 5.41 Å². The van der Waals surface area contributed by atoms with E-state index in [0.29, 0.717) is 0 Å². The molecule has 4 aliphatic rings. The molecule has 0 bridgehead atoms. The largest absolute Gasteiger partial charge is 1.00 e. The molecule has 0 amide bonds. The predicted octanol–water partition coefficient (Wildman–Crippen LogP) is -0.656. The van der Waals surface area contributed by atoms with Crippen LogP contribution in [0.2, 0.25) is 0 Å². The van der Waals surface area contributed by atoms with E-state index >= 15 is 0 Å². The third kappa shape index (κ3) is 3.51. The van der Waals surface area contributed by atoms with Gasteiger partial charge in [-0.05, 0) is 41.9 Å². The number of hydrogen-bond acceptors (Lipinski definition) is 0. The molecule has 4 aliphatic carbocycles. The van der Waals surface area contributed by atoms with Crippen LogP contribution in [0.4, 0.5) is 0 Å². The zero-order valence-electron chi connectivity index (χ0n) is 16.3. The first kappa shape index (κ1) is 21.5. The molecule has 2 heteroatoms. The quantitative estimate of drug-likeness (QED) is 0.594. The zero-order valence-corrected chi connectivity index (χ0v) is 16.3. The fraction of sp³-hybridized carbons (Fsp3) is 0.217. The van der Waals surface area contributed by atoms with Gasteiger partial charge in [-0.1, -0.05) is 76.3 Å². The van der Waals surface area contributed by atoms with Gasteiger partial charge in [0.2, 0.25) is 0 Å². The molecule has 0 aromatic carbocycles. The van der Waals surface area contributed by atoms with Crippen molar-refractivity contribution in [3.05, 3.63) is 109 Å². The molecular weight excluding hydrogens is 290 g/mol. The summed E-state index contributed by atoms with van der Waals surface area (Å²) in [6.45, 7) is 9.15. The minimum Gasteiger partial charge on any atom is -0.0759 e. The monoisotopic (exact) mass is 312 g/mol.